The van der Waals surface area contributed by atoms with Gasteiger partial charge in [0.1, 0.15) is 13.1 Å². The molecule has 68 heavy (non-hydrogen) atoms. The van der Waals surface area contributed by atoms with Crippen molar-refractivity contribution in [1.82, 2.24) is 0 Å². The summed E-state index contributed by atoms with van der Waals surface area (Å²) < 4.78 is 418. The molecule has 0 heterocycles. The van der Waals surface area contributed by atoms with Crippen LogP contribution in [-0.2, 0) is 0 Å². The van der Waals surface area contributed by atoms with Crippen molar-refractivity contribution >= 4 is 43.1 Å². The number of rotatable bonds is 14. The number of hydrogen-bond acceptors (Lipinski definition) is 2. The molecule has 0 aliphatic rings. The highest BCUT2D eigenvalue weighted by Gasteiger charge is 2.95. The molecule has 0 saturated heterocycles. The molecule has 32 heteroatoms. The van der Waals surface area contributed by atoms with Gasteiger partial charge in [-0.3, -0.25) is 9.98 Å². The molecule has 0 atom stereocenters. The smallest absolute Gasteiger partial charge is 0.277 e. The number of alkyl halides is 30. The minimum Gasteiger partial charge on any atom is -0.277 e. The molecule has 5 aromatic carbocycles. The van der Waals surface area contributed by atoms with Gasteiger partial charge < -0.3 is 0 Å². The van der Waals surface area contributed by atoms with Crippen LogP contribution in [0.25, 0.3) is 43.1 Å². The second-order valence-electron chi connectivity index (χ2n) is 14.5. The fourth-order valence-corrected chi connectivity index (χ4v) is 6.53. The molecule has 0 radical (unpaired) electrons. The fraction of sp³-hybridized carbons (Fsp3) is 0.444. The van der Waals surface area contributed by atoms with Crippen LogP contribution in [-0.4, -0.2) is 96.5 Å². The van der Waals surface area contributed by atoms with Gasteiger partial charge in [-0.2, -0.15) is 132 Å². The van der Waals surface area contributed by atoms with Crippen LogP contribution in [0.4, 0.5) is 132 Å². The Labute approximate surface area is 353 Å². The summed E-state index contributed by atoms with van der Waals surface area (Å²) >= 11 is 0. The lowest BCUT2D eigenvalue weighted by molar-refractivity contribution is -0.451. The van der Waals surface area contributed by atoms with Gasteiger partial charge in [0.25, 0.3) is 0 Å². The van der Waals surface area contributed by atoms with Crippen LogP contribution in [0.5, 0.6) is 0 Å². The van der Waals surface area contributed by atoms with Crippen molar-refractivity contribution in [2.45, 2.75) is 83.4 Å². The Morgan fingerprint density at radius 3 is 0.985 bits per heavy atom. The lowest BCUT2D eigenvalue weighted by atomic mass is 9.89. The third kappa shape index (κ3) is 6.98. The fourth-order valence-electron chi connectivity index (χ4n) is 6.53. The molecule has 0 saturated carbocycles. The van der Waals surface area contributed by atoms with Gasteiger partial charge >= 0.3 is 83.4 Å². The van der Waals surface area contributed by atoms with Gasteiger partial charge in [0.05, 0.1) is 10.7 Å². The van der Waals surface area contributed by atoms with Crippen molar-refractivity contribution in [2.24, 2.45) is 9.98 Å². The van der Waals surface area contributed by atoms with Crippen LogP contribution in [0.3, 0.4) is 0 Å². The van der Waals surface area contributed by atoms with Crippen molar-refractivity contribution in [3.8, 4) is 0 Å². The van der Waals surface area contributed by atoms with E-state index in [4.69, 9.17) is 0 Å². The minimum atomic E-state index is -8.82. The van der Waals surface area contributed by atoms with E-state index in [9.17, 15) is 114 Å². The lowest BCUT2D eigenvalue weighted by Crippen LogP contribution is -2.73. The molecule has 0 amide bonds. The van der Waals surface area contributed by atoms with E-state index in [-0.39, 0.29) is 27.6 Å². The quantitative estimate of drug-likeness (QED) is 0.0602. The largest absolute Gasteiger partial charge is 0.460 e. The number of nitrogens with zero attached hydrogens (tertiary/aromatic N) is 2. The van der Waals surface area contributed by atoms with Gasteiger partial charge in [-0.15, -0.1) is 0 Å². The molecule has 0 bridgehead atoms. The summed E-state index contributed by atoms with van der Waals surface area (Å²) in [5.41, 5.74) is 0. The standard InChI is InChI=1S/C36H14F30N2/c37-23(38,25(41,42)27(45,46)29(49,50)31(53,54)33(57,58)35(61,62)63)11-67-18-10-14-6-3-8-16-15-7-1-4-13-5-2-9-17(19(13)15)21(20(14)16)22(18)68-12-24(39,40)26(43,44)28(47,48)30(51,52)32(55,56)34(59,60)36(64,65)66/h1-10H,11-12H2. The Bertz CT molecular complexity index is 2850. The topological polar surface area (TPSA) is 24.7 Å². The molecule has 0 fully saturated rings. The normalized spacial score (nSPS) is 16.4. The number of hydrogen-bond donors (Lipinski definition) is 0. The maximum atomic E-state index is 15.2. The van der Waals surface area contributed by atoms with Crippen molar-refractivity contribution in [3.63, 3.8) is 0 Å². The minimum absolute atomic E-state index is 0.0495. The molecule has 378 valence electrons. The molecule has 0 unspecified atom stereocenters. The molecule has 0 aliphatic heterocycles. The Morgan fingerprint density at radius 1 is 0.294 bits per heavy atom. The van der Waals surface area contributed by atoms with E-state index in [0.29, 0.717) is 0 Å². The number of fused-ring (bicyclic) bond motifs is 2. The molecule has 0 N–H and O–H groups in total. The van der Waals surface area contributed by atoms with Gasteiger partial charge in [0, 0.05) is 5.39 Å². The summed E-state index contributed by atoms with van der Waals surface area (Å²) in [6.07, 6.45) is -16.0. The van der Waals surface area contributed by atoms with Crippen molar-refractivity contribution in [1.29, 1.82) is 0 Å². The van der Waals surface area contributed by atoms with E-state index in [0.717, 1.165) is 30.3 Å². The van der Waals surface area contributed by atoms with Gasteiger partial charge in [-0.05, 0) is 43.8 Å². The highest BCUT2D eigenvalue weighted by molar-refractivity contribution is 6.32. The van der Waals surface area contributed by atoms with Crippen LogP contribution >= 0.6 is 0 Å². The summed E-state index contributed by atoms with van der Waals surface area (Å²) in [6.45, 7) is -7.34. The molecule has 5 aromatic rings. The van der Waals surface area contributed by atoms with E-state index in [1.54, 1.807) is 0 Å². The van der Waals surface area contributed by atoms with Gasteiger partial charge in [-0.1, -0.05) is 54.6 Å². The first-order chi connectivity index (χ1) is 30.1. The molecule has 0 spiro atoms. The third-order valence-corrected chi connectivity index (χ3v) is 10.3. The van der Waals surface area contributed by atoms with Crippen LogP contribution in [0.2, 0.25) is 0 Å². The second kappa shape index (κ2) is 15.2. The number of halogens is 30. The predicted molar refractivity (Wildman–Crippen MR) is 171 cm³/mol. The summed E-state index contributed by atoms with van der Waals surface area (Å²) in [4.78, 5) is 5.22. The van der Waals surface area contributed by atoms with Crippen molar-refractivity contribution in [3.05, 3.63) is 71.4 Å². The first kappa shape index (κ1) is 53.8. The molecule has 5 rings (SSSR count). The van der Waals surface area contributed by atoms with E-state index < -0.39 is 129 Å². The Hall–Kier alpha value is -5.10. The van der Waals surface area contributed by atoms with Crippen LogP contribution < -0.4 is 10.7 Å². The van der Waals surface area contributed by atoms with Crippen LogP contribution in [0, 0.1) is 0 Å². The van der Waals surface area contributed by atoms with E-state index in [1.165, 1.54) is 24.3 Å². The van der Waals surface area contributed by atoms with E-state index >= 15 is 17.6 Å². The molecule has 0 aromatic heterocycles. The average molecular weight is 1040 g/mol. The first-order valence-electron chi connectivity index (χ1n) is 17.3. The van der Waals surface area contributed by atoms with Crippen molar-refractivity contribution in [2.75, 3.05) is 13.1 Å². The highest BCUT2D eigenvalue weighted by Crippen LogP contribution is 2.64. The molecule has 0 aliphatic carbocycles. The molecular weight excluding hydrogens is 1030 g/mol. The van der Waals surface area contributed by atoms with E-state index in [1.807, 2.05) is 0 Å². The molecule has 2 nitrogen and oxygen atoms in total. The summed E-state index contributed by atoms with van der Waals surface area (Å²) in [5, 5.41) is -6.53. The summed E-state index contributed by atoms with van der Waals surface area (Å²) in [6, 6.07) is 10.1. The maximum absolute atomic E-state index is 15.2. The highest BCUT2D eigenvalue weighted by atomic mass is 19.4. The summed E-state index contributed by atoms with van der Waals surface area (Å²) in [7, 11) is 0. The zero-order valence-corrected chi connectivity index (χ0v) is 31.4. The average Bonchev–Trinajstić information content (AvgIpc) is 3.19. The van der Waals surface area contributed by atoms with Gasteiger partial charge in [-0.25, -0.2) is 0 Å². The maximum Gasteiger partial charge on any atom is 0.460 e. The third-order valence-electron chi connectivity index (χ3n) is 10.3. The Kier molecular flexibility index (Phi) is 12.0. The Balaban J connectivity index is 1.81. The van der Waals surface area contributed by atoms with Crippen molar-refractivity contribution < 1.29 is 132 Å². The molecular formula is C36H14F30N2. The Morgan fingerprint density at radius 2 is 0.603 bits per heavy atom. The lowest BCUT2D eigenvalue weighted by Gasteiger charge is -2.41. The van der Waals surface area contributed by atoms with Gasteiger partial charge in [0.15, 0.2) is 0 Å². The zero-order valence-electron chi connectivity index (χ0n) is 31.4. The predicted octanol–water partition coefficient (Wildman–Crippen LogP) is 13.7. The van der Waals surface area contributed by atoms with Gasteiger partial charge in [0.2, 0.25) is 0 Å². The number of benzene rings is 5. The monoisotopic (exact) mass is 1040 g/mol. The first-order valence-corrected chi connectivity index (χ1v) is 17.3. The van der Waals surface area contributed by atoms with E-state index in [2.05, 4.69) is 9.98 Å². The van der Waals surface area contributed by atoms with Crippen LogP contribution in [0.1, 0.15) is 0 Å². The SMILES string of the molecule is FC(F)(F)C(F)(F)C(F)(F)C(F)(F)C(F)(F)C(F)(F)C(F)(F)CN=c1cc2cccc3c4cccc5cccc(c(c1=NCC(F)(F)C(F)(F)C(F)(F)C(F)(F)C(F)(F)C(F)(F)C(F)(F)F)c23)c54. The zero-order chi connectivity index (χ0) is 52.7. The summed E-state index contributed by atoms with van der Waals surface area (Å²) in [5.74, 6) is -100. The second-order valence-corrected chi connectivity index (χ2v) is 14.5. The van der Waals surface area contributed by atoms with Crippen LogP contribution in [0.15, 0.2) is 70.6 Å².